The van der Waals surface area contributed by atoms with E-state index in [1.54, 1.807) is 11.4 Å². The van der Waals surface area contributed by atoms with Crippen molar-refractivity contribution in [3.63, 3.8) is 0 Å². The number of nitrogens with one attached hydrogen (secondary N) is 2. The number of benzene rings is 2. The highest BCUT2D eigenvalue weighted by atomic mass is 32.1. The van der Waals surface area contributed by atoms with Crippen LogP contribution in [0.5, 0.6) is 5.75 Å². The molecule has 184 valence electrons. The van der Waals surface area contributed by atoms with E-state index in [1.807, 2.05) is 24.3 Å². The summed E-state index contributed by atoms with van der Waals surface area (Å²) in [6.07, 6.45) is 3.42. The Kier molecular flexibility index (Phi) is 8.13. The molecule has 2 amide bonds. The van der Waals surface area contributed by atoms with Crippen molar-refractivity contribution < 1.29 is 18.7 Å². The predicted octanol–water partition coefficient (Wildman–Crippen LogP) is 5.46. The lowest BCUT2D eigenvalue weighted by molar-refractivity contribution is 0.0860. The van der Waals surface area contributed by atoms with Crippen molar-refractivity contribution in [2.75, 3.05) is 0 Å². The second-order valence-electron chi connectivity index (χ2n) is 9.09. The molecule has 2 atom stereocenters. The van der Waals surface area contributed by atoms with Gasteiger partial charge in [0.1, 0.15) is 28.9 Å². The Morgan fingerprint density at radius 1 is 1.06 bits per heavy atom. The van der Waals surface area contributed by atoms with E-state index in [4.69, 9.17) is 4.74 Å². The zero-order valence-corrected chi connectivity index (χ0v) is 20.7. The van der Waals surface area contributed by atoms with E-state index in [2.05, 4.69) is 29.5 Å². The van der Waals surface area contributed by atoms with Crippen molar-refractivity contribution in [1.29, 1.82) is 0 Å². The van der Waals surface area contributed by atoms with Crippen LogP contribution in [0.1, 0.15) is 76.9 Å². The Hall–Kier alpha value is -3.26. The smallest absolute Gasteiger partial charge is 0.271 e. The van der Waals surface area contributed by atoms with Gasteiger partial charge in [0, 0.05) is 23.0 Å². The fourth-order valence-electron chi connectivity index (χ4n) is 4.18. The molecule has 0 saturated heterocycles. The van der Waals surface area contributed by atoms with Crippen LogP contribution in [0.4, 0.5) is 4.39 Å². The number of carbonyl (C=O) groups excluding carboxylic acids is 2. The molecular formula is C27H30FN3O3S. The van der Waals surface area contributed by atoms with Gasteiger partial charge in [-0.3, -0.25) is 9.59 Å². The maximum Gasteiger partial charge on any atom is 0.271 e. The van der Waals surface area contributed by atoms with E-state index in [-0.39, 0.29) is 36.1 Å². The molecule has 1 fully saturated rings. The summed E-state index contributed by atoms with van der Waals surface area (Å²) in [6.45, 7) is 4.58. The first-order chi connectivity index (χ1) is 16.9. The van der Waals surface area contributed by atoms with E-state index in [1.165, 1.54) is 35.1 Å². The van der Waals surface area contributed by atoms with Gasteiger partial charge in [-0.1, -0.05) is 44.9 Å². The van der Waals surface area contributed by atoms with Gasteiger partial charge in [-0.25, -0.2) is 9.37 Å². The first-order valence-corrected chi connectivity index (χ1v) is 12.8. The number of hydrogen-bond donors (Lipinski definition) is 2. The molecular weight excluding hydrogens is 465 g/mol. The average Bonchev–Trinajstić information content (AvgIpc) is 3.33. The molecule has 0 unspecified atom stereocenters. The van der Waals surface area contributed by atoms with Gasteiger partial charge in [-0.05, 0) is 54.7 Å². The molecule has 1 aliphatic rings. The van der Waals surface area contributed by atoms with Gasteiger partial charge < -0.3 is 15.4 Å². The zero-order chi connectivity index (χ0) is 24.8. The minimum atomic E-state index is -0.456. The molecule has 0 aliphatic heterocycles. The van der Waals surface area contributed by atoms with Crippen LogP contribution in [0.15, 0.2) is 53.9 Å². The molecule has 0 spiro atoms. The highest BCUT2D eigenvalue weighted by Gasteiger charge is 2.29. The number of nitrogens with zero attached hydrogens (tertiary/aromatic N) is 1. The van der Waals surface area contributed by atoms with Crippen molar-refractivity contribution in [2.45, 2.75) is 64.1 Å². The lowest BCUT2D eigenvalue weighted by Crippen LogP contribution is -2.53. The molecule has 35 heavy (non-hydrogen) atoms. The molecule has 1 saturated carbocycles. The largest absolute Gasteiger partial charge is 0.486 e. The molecule has 8 heteroatoms. The van der Waals surface area contributed by atoms with Gasteiger partial charge in [0.05, 0.1) is 0 Å². The van der Waals surface area contributed by atoms with Crippen LogP contribution in [-0.4, -0.2) is 28.9 Å². The van der Waals surface area contributed by atoms with Crippen molar-refractivity contribution in [3.8, 4) is 5.75 Å². The van der Waals surface area contributed by atoms with Crippen LogP contribution in [0, 0.1) is 5.82 Å². The number of hydrogen-bond acceptors (Lipinski definition) is 5. The first-order valence-electron chi connectivity index (χ1n) is 11.9. The molecule has 2 N–H and O–H groups in total. The summed E-state index contributed by atoms with van der Waals surface area (Å²) in [5, 5.41) is 8.43. The third-order valence-electron chi connectivity index (χ3n) is 6.18. The standard InChI is InChI=1S/C27H30FN3O3S/c1-17(2)18-10-12-21(13-11-18)34-15-25-29-24(16-35-25)27(33)31-23-9-4-3-8-22(23)30-26(32)19-6-5-7-20(28)14-19/h5-7,10-14,16-17,22-23H,3-4,8-9,15H2,1-2H3,(H,30,32)(H,31,33)/t22-,23-/m1/s1. The van der Waals surface area contributed by atoms with Gasteiger partial charge in [0.2, 0.25) is 0 Å². The second-order valence-corrected chi connectivity index (χ2v) is 10.0. The normalized spacial score (nSPS) is 17.7. The Balaban J connectivity index is 1.32. The maximum absolute atomic E-state index is 13.5. The predicted molar refractivity (Wildman–Crippen MR) is 134 cm³/mol. The molecule has 4 rings (SSSR count). The van der Waals surface area contributed by atoms with Gasteiger partial charge in [0.15, 0.2) is 0 Å². The summed E-state index contributed by atoms with van der Waals surface area (Å²) in [6, 6.07) is 13.1. The summed E-state index contributed by atoms with van der Waals surface area (Å²) >= 11 is 1.38. The number of halogens is 1. The molecule has 1 heterocycles. The SMILES string of the molecule is CC(C)c1ccc(OCc2nc(C(=O)N[C@@H]3CCCC[C@H]3NC(=O)c3cccc(F)c3)cs2)cc1. The summed E-state index contributed by atoms with van der Waals surface area (Å²) in [5.41, 5.74) is 1.85. The number of aromatic nitrogens is 1. The fraction of sp³-hybridized carbons (Fsp3) is 0.370. The Bertz CT molecular complexity index is 1160. The summed E-state index contributed by atoms with van der Waals surface area (Å²) in [5.74, 6) is 0.148. The van der Waals surface area contributed by atoms with Crippen LogP contribution >= 0.6 is 11.3 Å². The topological polar surface area (TPSA) is 80.3 Å². The fourth-order valence-corrected chi connectivity index (χ4v) is 4.86. The molecule has 0 bridgehead atoms. The van der Waals surface area contributed by atoms with E-state index in [0.717, 1.165) is 31.4 Å². The lowest BCUT2D eigenvalue weighted by atomic mass is 9.90. The van der Waals surface area contributed by atoms with Gasteiger partial charge in [-0.2, -0.15) is 0 Å². The van der Waals surface area contributed by atoms with E-state index in [0.29, 0.717) is 16.6 Å². The molecule has 3 aromatic rings. The Labute approximate surface area is 208 Å². The summed E-state index contributed by atoms with van der Waals surface area (Å²) < 4.78 is 19.3. The van der Waals surface area contributed by atoms with Crippen molar-refractivity contribution >= 4 is 23.2 Å². The third-order valence-corrected chi connectivity index (χ3v) is 7.00. The maximum atomic E-state index is 13.5. The van der Waals surface area contributed by atoms with Gasteiger partial charge in [0.25, 0.3) is 11.8 Å². The van der Waals surface area contributed by atoms with Crippen LogP contribution in [0.25, 0.3) is 0 Å². The minimum Gasteiger partial charge on any atom is -0.486 e. The number of thiazole rings is 1. The number of ether oxygens (including phenoxy) is 1. The number of carbonyl (C=O) groups is 2. The third kappa shape index (κ3) is 6.66. The molecule has 0 radical (unpaired) electrons. The zero-order valence-electron chi connectivity index (χ0n) is 19.9. The van der Waals surface area contributed by atoms with Crippen LogP contribution in [0.3, 0.4) is 0 Å². The van der Waals surface area contributed by atoms with Gasteiger partial charge in [-0.15, -0.1) is 11.3 Å². The molecule has 1 aliphatic carbocycles. The van der Waals surface area contributed by atoms with Gasteiger partial charge >= 0.3 is 0 Å². The Morgan fingerprint density at radius 3 is 2.40 bits per heavy atom. The second kappa shape index (κ2) is 11.4. The van der Waals surface area contributed by atoms with E-state index >= 15 is 0 Å². The number of rotatable bonds is 8. The highest BCUT2D eigenvalue weighted by Crippen LogP contribution is 2.22. The van der Waals surface area contributed by atoms with Crippen LogP contribution in [0.2, 0.25) is 0 Å². The Morgan fingerprint density at radius 2 is 1.74 bits per heavy atom. The summed E-state index contributed by atoms with van der Waals surface area (Å²) in [4.78, 5) is 29.9. The lowest BCUT2D eigenvalue weighted by Gasteiger charge is -2.32. The van der Waals surface area contributed by atoms with Crippen molar-refractivity contribution in [2.24, 2.45) is 0 Å². The van der Waals surface area contributed by atoms with E-state index in [9.17, 15) is 14.0 Å². The van der Waals surface area contributed by atoms with Crippen molar-refractivity contribution in [3.05, 3.63) is 81.6 Å². The highest BCUT2D eigenvalue weighted by molar-refractivity contribution is 7.09. The van der Waals surface area contributed by atoms with Crippen LogP contribution in [-0.2, 0) is 6.61 Å². The summed E-state index contributed by atoms with van der Waals surface area (Å²) in [7, 11) is 0. The molecule has 2 aromatic carbocycles. The minimum absolute atomic E-state index is 0.213. The van der Waals surface area contributed by atoms with Crippen LogP contribution < -0.4 is 15.4 Å². The molecule has 1 aromatic heterocycles. The monoisotopic (exact) mass is 495 g/mol. The van der Waals surface area contributed by atoms with E-state index < -0.39 is 5.82 Å². The number of amides is 2. The first kappa shape index (κ1) is 24.9. The quantitative estimate of drug-likeness (QED) is 0.435. The molecule has 6 nitrogen and oxygen atoms in total. The average molecular weight is 496 g/mol. The van der Waals surface area contributed by atoms with Crippen molar-refractivity contribution in [1.82, 2.24) is 15.6 Å².